The SMILES string of the molecule is CCN(C(=O)c1ccccc1NC(=O)COc1ccccc1C(C)(C)C)c1ccccc1. The van der Waals surface area contributed by atoms with Gasteiger partial charge in [0.2, 0.25) is 0 Å². The van der Waals surface area contributed by atoms with Crippen LogP contribution in [0.1, 0.15) is 43.6 Å². The Morgan fingerprint density at radius 2 is 1.50 bits per heavy atom. The molecule has 0 saturated heterocycles. The van der Waals surface area contributed by atoms with Crippen LogP contribution in [0.15, 0.2) is 78.9 Å². The third-order valence-corrected chi connectivity index (χ3v) is 5.11. The fourth-order valence-corrected chi connectivity index (χ4v) is 3.52. The Balaban J connectivity index is 1.74. The summed E-state index contributed by atoms with van der Waals surface area (Å²) in [7, 11) is 0. The third-order valence-electron chi connectivity index (χ3n) is 5.11. The summed E-state index contributed by atoms with van der Waals surface area (Å²) < 4.78 is 5.83. The lowest BCUT2D eigenvalue weighted by molar-refractivity contribution is -0.118. The van der Waals surface area contributed by atoms with Crippen LogP contribution >= 0.6 is 0 Å². The molecule has 0 heterocycles. The van der Waals surface area contributed by atoms with E-state index >= 15 is 0 Å². The molecule has 5 nitrogen and oxygen atoms in total. The van der Waals surface area contributed by atoms with Gasteiger partial charge in [-0.25, -0.2) is 0 Å². The monoisotopic (exact) mass is 430 g/mol. The first-order valence-electron chi connectivity index (χ1n) is 10.8. The van der Waals surface area contributed by atoms with Crippen molar-refractivity contribution in [2.75, 3.05) is 23.4 Å². The highest BCUT2D eigenvalue weighted by molar-refractivity contribution is 6.11. The first-order valence-corrected chi connectivity index (χ1v) is 10.8. The lowest BCUT2D eigenvalue weighted by Gasteiger charge is -2.23. The summed E-state index contributed by atoms with van der Waals surface area (Å²) in [6, 6.07) is 24.2. The number of hydrogen-bond donors (Lipinski definition) is 1. The van der Waals surface area contributed by atoms with E-state index in [2.05, 4.69) is 26.1 Å². The number of ether oxygens (including phenoxy) is 1. The summed E-state index contributed by atoms with van der Waals surface area (Å²) >= 11 is 0. The van der Waals surface area contributed by atoms with Crippen molar-refractivity contribution in [3.8, 4) is 5.75 Å². The highest BCUT2D eigenvalue weighted by atomic mass is 16.5. The number of nitrogens with one attached hydrogen (secondary N) is 1. The molecule has 32 heavy (non-hydrogen) atoms. The second-order valence-corrected chi connectivity index (χ2v) is 8.51. The van der Waals surface area contributed by atoms with Gasteiger partial charge in [-0.3, -0.25) is 9.59 Å². The van der Waals surface area contributed by atoms with Crippen LogP contribution in [0.5, 0.6) is 5.75 Å². The van der Waals surface area contributed by atoms with Crippen LogP contribution in [0, 0.1) is 0 Å². The van der Waals surface area contributed by atoms with Gasteiger partial charge >= 0.3 is 0 Å². The minimum atomic E-state index is -0.322. The number of para-hydroxylation sites is 3. The smallest absolute Gasteiger partial charge is 0.262 e. The van der Waals surface area contributed by atoms with Crippen molar-refractivity contribution in [1.29, 1.82) is 0 Å². The van der Waals surface area contributed by atoms with Gasteiger partial charge in [0.05, 0.1) is 11.3 Å². The molecule has 0 aromatic heterocycles. The average molecular weight is 431 g/mol. The summed E-state index contributed by atoms with van der Waals surface area (Å²) in [5.74, 6) is 0.186. The fourth-order valence-electron chi connectivity index (χ4n) is 3.52. The first-order chi connectivity index (χ1) is 15.3. The average Bonchev–Trinajstić information content (AvgIpc) is 2.79. The van der Waals surface area contributed by atoms with Crippen LogP contribution in [0.4, 0.5) is 11.4 Å². The van der Waals surface area contributed by atoms with Crippen molar-refractivity contribution in [3.63, 3.8) is 0 Å². The number of amides is 2. The number of benzene rings is 3. The Labute approximate surface area is 190 Å². The van der Waals surface area contributed by atoms with E-state index in [0.29, 0.717) is 23.5 Å². The van der Waals surface area contributed by atoms with Gasteiger partial charge in [-0.2, -0.15) is 0 Å². The predicted molar refractivity (Wildman–Crippen MR) is 130 cm³/mol. The van der Waals surface area contributed by atoms with Crippen LogP contribution in [0.2, 0.25) is 0 Å². The highest BCUT2D eigenvalue weighted by Crippen LogP contribution is 2.31. The van der Waals surface area contributed by atoms with Crippen molar-refractivity contribution in [2.24, 2.45) is 0 Å². The molecule has 5 heteroatoms. The van der Waals surface area contributed by atoms with E-state index in [-0.39, 0.29) is 23.8 Å². The molecule has 0 bridgehead atoms. The maximum Gasteiger partial charge on any atom is 0.262 e. The molecular weight excluding hydrogens is 400 g/mol. The molecule has 1 N–H and O–H groups in total. The normalized spacial score (nSPS) is 11.0. The zero-order valence-electron chi connectivity index (χ0n) is 19.1. The van der Waals surface area contributed by atoms with Crippen molar-refractivity contribution < 1.29 is 14.3 Å². The number of anilines is 2. The second kappa shape index (κ2) is 10.1. The van der Waals surface area contributed by atoms with Crippen LogP contribution in [0.25, 0.3) is 0 Å². The summed E-state index contributed by atoms with van der Waals surface area (Å²) in [6.45, 7) is 8.59. The third kappa shape index (κ3) is 5.55. The Bertz CT molecular complexity index is 1070. The molecule has 0 aliphatic heterocycles. The van der Waals surface area contributed by atoms with Crippen molar-refractivity contribution in [2.45, 2.75) is 33.1 Å². The summed E-state index contributed by atoms with van der Waals surface area (Å²) in [6.07, 6.45) is 0. The summed E-state index contributed by atoms with van der Waals surface area (Å²) in [5.41, 5.74) is 2.63. The Morgan fingerprint density at radius 3 is 2.19 bits per heavy atom. The van der Waals surface area contributed by atoms with Crippen molar-refractivity contribution in [3.05, 3.63) is 90.0 Å². The van der Waals surface area contributed by atoms with Gasteiger partial charge in [-0.05, 0) is 48.2 Å². The molecule has 0 spiro atoms. The molecule has 0 radical (unpaired) electrons. The van der Waals surface area contributed by atoms with Crippen LogP contribution in [-0.4, -0.2) is 25.0 Å². The van der Waals surface area contributed by atoms with Gasteiger partial charge in [-0.15, -0.1) is 0 Å². The molecule has 0 atom stereocenters. The van der Waals surface area contributed by atoms with Gasteiger partial charge in [0.25, 0.3) is 11.8 Å². The Hall–Kier alpha value is -3.60. The number of nitrogens with zero attached hydrogens (tertiary/aromatic N) is 1. The molecule has 3 rings (SSSR count). The largest absolute Gasteiger partial charge is 0.483 e. The summed E-state index contributed by atoms with van der Waals surface area (Å²) in [5, 5.41) is 2.84. The van der Waals surface area contributed by atoms with E-state index in [1.165, 1.54) is 0 Å². The quantitative estimate of drug-likeness (QED) is 0.525. The molecule has 3 aromatic carbocycles. The van der Waals surface area contributed by atoms with Crippen LogP contribution in [0.3, 0.4) is 0 Å². The molecule has 166 valence electrons. The predicted octanol–water partition coefficient (Wildman–Crippen LogP) is 5.67. The molecule has 0 unspecified atom stereocenters. The maximum atomic E-state index is 13.3. The van der Waals surface area contributed by atoms with Gasteiger partial charge in [0.15, 0.2) is 6.61 Å². The number of carbonyl (C=O) groups excluding carboxylic acids is 2. The zero-order valence-corrected chi connectivity index (χ0v) is 19.1. The number of carbonyl (C=O) groups is 2. The lowest BCUT2D eigenvalue weighted by atomic mass is 9.86. The number of rotatable bonds is 7. The standard InChI is InChI=1S/C27H30N2O3/c1-5-29(20-13-7-6-8-14-20)26(31)21-15-9-11-17-23(21)28-25(30)19-32-24-18-12-10-16-22(24)27(2,3)4/h6-18H,5,19H2,1-4H3,(H,28,30). The van der Waals surface area contributed by atoms with Gasteiger partial charge in [0.1, 0.15) is 5.75 Å². The van der Waals surface area contributed by atoms with Gasteiger partial charge < -0.3 is 15.0 Å². The molecule has 0 aliphatic carbocycles. The first kappa shape index (κ1) is 23.1. The lowest BCUT2D eigenvalue weighted by Crippen LogP contribution is -2.32. The van der Waals surface area contributed by atoms with Crippen molar-refractivity contribution in [1.82, 2.24) is 0 Å². The second-order valence-electron chi connectivity index (χ2n) is 8.51. The van der Waals surface area contributed by atoms with E-state index in [1.54, 1.807) is 29.2 Å². The zero-order chi connectivity index (χ0) is 23.1. The van der Waals surface area contributed by atoms with Gasteiger partial charge in [0, 0.05) is 12.2 Å². The fraction of sp³-hybridized carbons (Fsp3) is 0.259. The Kier molecular flexibility index (Phi) is 7.31. The molecule has 3 aromatic rings. The Morgan fingerprint density at radius 1 is 0.875 bits per heavy atom. The van der Waals surface area contributed by atoms with E-state index in [0.717, 1.165) is 11.3 Å². The highest BCUT2D eigenvalue weighted by Gasteiger charge is 2.21. The van der Waals surface area contributed by atoms with E-state index in [9.17, 15) is 9.59 Å². The minimum absolute atomic E-state index is 0.104. The van der Waals surface area contributed by atoms with E-state index < -0.39 is 0 Å². The maximum absolute atomic E-state index is 13.3. The van der Waals surface area contributed by atoms with Crippen LogP contribution < -0.4 is 15.0 Å². The van der Waals surface area contributed by atoms with Gasteiger partial charge in [-0.1, -0.05) is 69.3 Å². The molecule has 0 aliphatic rings. The molecule has 0 fully saturated rings. The number of hydrogen-bond acceptors (Lipinski definition) is 3. The minimum Gasteiger partial charge on any atom is -0.483 e. The molecular formula is C27H30N2O3. The topological polar surface area (TPSA) is 58.6 Å². The summed E-state index contributed by atoms with van der Waals surface area (Å²) in [4.78, 5) is 27.6. The molecule has 2 amide bonds. The van der Waals surface area contributed by atoms with E-state index in [4.69, 9.17) is 4.74 Å². The van der Waals surface area contributed by atoms with E-state index in [1.807, 2.05) is 61.5 Å². The van der Waals surface area contributed by atoms with Crippen LogP contribution in [-0.2, 0) is 10.2 Å². The van der Waals surface area contributed by atoms with Crippen molar-refractivity contribution >= 4 is 23.2 Å². The molecule has 0 saturated carbocycles.